The second-order valence-electron chi connectivity index (χ2n) is 4.05. The van der Waals surface area contributed by atoms with Crippen molar-refractivity contribution < 1.29 is 9.53 Å². The first kappa shape index (κ1) is 12.2. The minimum atomic E-state index is -0.107. The first-order valence-corrected chi connectivity index (χ1v) is 5.60. The number of aromatic nitrogens is 2. The Hall–Kier alpha value is -2.23. The fourth-order valence-electron chi connectivity index (χ4n) is 1.81. The highest BCUT2D eigenvalue weighted by molar-refractivity contribution is 6.10. The van der Waals surface area contributed by atoms with Crippen LogP contribution in [0.5, 0.6) is 5.75 Å². The molecule has 1 aromatic heterocycles. The number of ketones is 1. The molecule has 4 heteroatoms. The minimum absolute atomic E-state index is 0.107. The van der Waals surface area contributed by atoms with Crippen LogP contribution in [0.15, 0.2) is 30.6 Å². The third kappa shape index (κ3) is 2.09. The number of carbonyl (C=O) groups is 1. The average Bonchev–Trinajstić information content (AvgIpc) is 2.42. The van der Waals surface area contributed by atoms with Crippen molar-refractivity contribution in [2.75, 3.05) is 7.11 Å². The quantitative estimate of drug-likeness (QED) is 0.775. The number of nitrogens with zero attached hydrogens (tertiary/aromatic N) is 2. The van der Waals surface area contributed by atoms with Crippen LogP contribution < -0.4 is 4.74 Å². The number of hydrogen-bond donors (Lipinski definition) is 0. The van der Waals surface area contributed by atoms with Gasteiger partial charge in [-0.15, -0.1) is 0 Å². The minimum Gasteiger partial charge on any atom is -0.496 e. The third-order valence-corrected chi connectivity index (χ3v) is 2.97. The Labute approximate surface area is 106 Å². The van der Waals surface area contributed by atoms with Crippen LogP contribution in [-0.2, 0) is 0 Å². The molecule has 0 amide bonds. The Balaban J connectivity index is 2.52. The molecule has 2 rings (SSSR count). The summed E-state index contributed by atoms with van der Waals surface area (Å²) in [5, 5.41) is 7.38. The van der Waals surface area contributed by atoms with Crippen molar-refractivity contribution in [3.63, 3.8) is 0 Å². The monoisotopic (exact) mass is 242 g/mol. The lowest BCUT2D eigenvalue weighted by Crippen LogP contribution is -2.06. The van der Waals surface area contributed by atoms with Gasteiger partial charge in [0.1, 0.15) is 5.75 Å². The molecule has 0 aliphatic rings. The van der Waals surface area contributed by atoms with Crippen LogP contribution in [0.1, 0.15) is 27.0 Å². The number of ether oxygens (including phenoxy) is 1. The van der Waals surface area contributed by atoms with Gasteiger partial charge in [0, 0.05) is 5.56 Å². The fourth-order valence-corrected chi connectivity index (χ4v) is 1.81. The van der Waals surface area contributed by atoms with Gasteiger partial charge in [-0.1, -0.05) is 6.07 Å². The van der Waals surface area contributed by atoms with Crippen molar-refractivity contribution in [1.29, 1.82) is 0 Å². The SMILES string of the molecule is COc1c(C(=O)c2ccnnc2)ccc(C)c1C. The lowest BCUT2D eigenvalue weighted by atomic mass is 9.99. The first-order valence-electron chi connectivity index (χ1n) is 5.60. The highest BCUT2D eigenvalue weighted by atomic mass is 16.5. The van der Waals surface area contributed by atoms with E-state index in [0.29, 0.717) is 16.9 Å². The molecule has 0 spiro atoms. The van der Waals surface area contributed by atoms with E-state index in [1.54, 1.807) is 19.2 Å². The van der Waals surface area contributed by atoms with E-state index in [-0.39, 0.29) is 5.78 Å². The van der Waals surface area contributed by atoms with Gasteiger partial charge in [0.25, 0.3) is 0 Å². The second kappa shape index (κ2) is 4.96. The van der Waals surface area contributed by atoms with E-state index in [1.165, 1.54) is 12.4 Å². The third-order valence-electron chi connectivity index (χ3n) is 2.97. The van der Waals surface area contributed by atoms with Gasteiger partial charge >= 0.3 is 0 Å². The van der Waals surface area contributed by atoms with E-state index in [0.717, 1.165) is 11.1 Å². The molecule has 0 aliphatic carbocycles. The number of rotatable bonds is 3. The van der Waals surface area contributed by atoms with Crippen LogP contribution in [0.2, 0.25) is 0 Å². The Morgan fingerprint density at radius 3 is 2.56 bits per heavy atom. The molecule has 92 valence electrons. The molecule has 0 saturated heterocycles. The zero-order valence-electron chi connectivity index (χ0n) is 10.6. The largest absolute Gasteiger partial charge is 0.496 e. The summed E-state index contributed by atoms with van der Waals surface area (Å²) in [6, 6.07) is 5.34. The lowest BCUT2D eigenvalue weighted by Gasteiger charge is -2.12. The summed E-state index contributed by atoms with van der Waals surface area (Å²) in [6.45, 7) is 3.93. The number of carbonyl (C=O) groups excluding carboxylic acids is 1. The predicted octanol–water partition coefficient (Wildman–Crippen LogP) is 2.33. The molecule has 0 unspecified atom stereocenters. The van der Waals surface area contributed by atoms with Crippen LogP contribution in [0, 0.1) is 13.8 Å². The molecule has 0 bridgehead atoms. The summed E-state index contributed by atoms with van der Waals surface area (Å²) in [5.74, 6) is 0.515. The van der Waals surface area contributed by atoms with Crippen molar-refractivity contribution >= 4 is 5.78 Å². The topological polar surface area (TPSA) is 52.1 Å². The molecule has 4 nitrogen and oxygen atoms in total. The van der Waals surface area contributed by atoms with Crippen LogP contribution in [0.3, 0.4) is 0 Å². The van der Waals surface area contributed by atoms with Gasteiger partial charge in [-0.2, -0.15) is 10.2 Å². The van der Waals surface area contributed by atoms with Crippen molar-refractivity contribution in [2.45, 2.75) is 13.8 Å². The summed E-state index contributed by atoms with van der Waals surface area (Å²) in [7, 11) is 1.57. The van der Waals surface area contributed by atoms with E-state index in [4.69, 9.17) is 4.74 Å². The first-order chi connectivity index (χ1) is 8.65. The molecule has 0 aliphatic heterocycles. The van der Waals surface area contributed by atoms with Crippen LogP contribution in [-0.4, -0.2) is 23.1 Å². The molecule has 0 radical (unpaired) electrons. The van der Waals surface area contributed by atoms with Crippen LogP contribution >= 0.6 is 0 Å². The Morgan fingerprint density at radius 1 is 1.17 bits per heavy atom. The van der Waals surface area contributed by atoms with Gasteiger partial charge in [0.05, 0.1) is 25.1 Å². The van der Waals surface area contributed by atoms with E-state index in [2.05, 4.69) is 10.2 Å². The molecule has 2 aromatic rings. The molecule has 0 atom stereocenters. The maximum Gasteiger partial charge on any atom is 0.198 e. The van der Waals surface area contributed by atoms with Gasteiger partial charge in [0.15, 0.2) is 5.78 Å². The van der Waals surface area contributed by atoms with Gasteiger partial charge < -0.3 is 4.74 Å². The van der Waals surface area contributed by atoms with Crippen LogP contribution in [0.25, 0.3) is 0 Å². The summed E-state index contributed by atoms with van der Waals surface area (Å²) in [5.41, 5.74) is 3.13. The number of aryl methyl sites for hydroxylation is 1. The molecule has 0 fully saturated rings. The zero-order chi connectivity index (χ0) is 13.1. The fraction of sp³-hybridized carbons (Fsp3) is 0.214. The van der Waals surface area contributed by atoms with Gasteiger partial charge in [-0.25, -0.2) is 0 Å². The van der Waals surface area contributed by atoms with Crippen molar-refractivity contribution in [3.05, 3.63) is 52.8 Å². The second-order valence-corrected chi connectivity index (χ2v) is 4.05. The maximum absolute atomic E-state index is 12.3. The van der Waals surface area contributed by atoms with Gasteiger partial charge in [-0.3, -0.25) is 4.79 Å². The summed E-state index contributed by atoms with van der Waals surface area (Å²) in [6.07, 6.45) is 2.96. The van der Waals surface area contributed by atoms with Gasteiger partial charge in [-0.05, 0) is 37.1 Å². The highest BCUT2D eigenvalue weighted by Gasteiger charge is 2.17. The molecule has 0 saturated carbocycles. The smallest absolute Gasteiger partial charge is 0.198 e. The standard InChI is InChI=1S/C14H14N2O2/c1-9-4-5-12(14(18-3)10(9)2)13(17)11-6-7-15-16-8-11/h4-8H,1-3H3. The summed E-state index contributed by atoms with van der Waals surface area (Å²) < 4.78 is 5.34. The van der Waals surface area contributed by atoms with Crippen molar-refractivity contribution in [1.82, 2.24) is 10.2 Å². The Morgan fingerprint density at radius 2 is 1.94 bits per heavy atom. The normalized spacial score (nSPS) is 10.2. The number of hydrogen-bond acceptors (Lipinski definition) is 4. The molecular formula is C14H14N2O2. The molecular weight excluding hydrogens is 228 g/mol. The van der Waals surface area contributed by atoms with Crippen molar-refractivity contribution in [3.8, 4) is 5.75 Å². The van der Waals surface area contributed by atoms with Gasteiger partial charge in [0.2, 0.25) is 0 Å². The van der Waals surface area contributed by atoms with Crippen molar-refractivity contribution in [2.24, 2.45) is 0 Å². The predicted molar refractivity (Wildman–Crippen MR) is 67.9 cm³/mol. The molecule has 18 heavy (non-hydrogen) atoms. The van der Waals surface area contributed by atoms with E-state index in [9.17, 15) is 4.79 Å². The lowest BCUT2D eigenvalue weighted by molar-refractivity contribution is 0.103. The molecule has 1 aromatic carbocycles. The Kier molecular flexibility index (Phi) is 3.37. The van der Waals surface area contributed by atoms with E-state index >= 15 is 0 Å². The zero-order valence-corrected chi connectivity index (χ0v) is 10.6. The highest BCUT2D eigenvalue weighted by Crippen LogP contribution is 2.27. The molecule has 0 N–H and O–H groups in total. The molecule has 1 heterocycles. The summed E-state index contributed by atoms with van der Waals surface area (Å²) in [4.78, 5) is 12.3. The average molecular weight is 242 g/mol. The van der Waals surface area contributed by atoms with Crippen LogP contribution in [0.4, 0.5) is 0 Å². The Bertz CT molecular complexity index is 580. The van der Waals surface area contributed by atoms with E-state index in [1.807, 2.05) is 19.9 Å². The summed E-state index contributed by atoms with van der Waals surface area (Å²) >= 11 is 0. The number of benzene rings is 1. The number of methoxy groups -OCH3 is 1. The maximum atomic E-state index is 12.3. The van der Waals surface area contributed by atoms with E-state index < -0.39 is 0 Å².